The first kappa shape index (κ1) is 9.44. The lowest BCUT2D eigenvalue weighted by atomic mass is 10.2. The van der Waals surface area contributed by atoms with E-state index in [9.17, 15) is 0 Å². The van der Waals surface area contributed by atoms with Gasteiger partial charge in [0.1, 0.15) is 10.9 Å². The zero-order valence-corrected chi connectivity index (χ0v) is 8.51. The van der Waals surface area contributed by atoms with Crippen molar-refractivity contribution >= 4 is 17.2 Å². The number of nitrogens with one attached hydrogen (secondary N) is 1. The molecule has 0 saturated carbocycles. The van der Waals surface area contributed by atoms with Crippen molar-refractivity contribution in [3.05, 3.63) is 10.4 Å². The number of aromatic nitrogens is 1. The lowest BCUT2D eigenvalue weighted by Crippen LogP contribution is -2.18. The van der Waals surface area contributed by atoms with Gasteiger partial charge in [-0.1, -0.05) is 0 Å². The van der Waals surface area contributed by atoms with E-state index in [0.717, 1.165) is 26.0 Å². The minimum atomic E-state index is 0.281. The van der Waals surface area contributed by atoms with Gasteiger partial charge < -0.3 is 10.1 Å². The van der Waals surface area contributed by atoms with Crippen LogP contribution in [-0.2, 0) is 4.74 Å². The van der Waals surface area contributed by atoms with E-state index in [0.29, 0.717) is 10.7 Å². The molecule has 1 saturated heterocycles. The first-order valence-corrected chi connectivity index (χ1v) is 5.47. The Labute approximate surface area is 86.5 Å². The largest absolute Gasteiger partial charge is 0.376 e. The molecule has 1 N–H and O–H groups in total. The van der Waals surface area contributed by atoms with Crippen LogP contribution in [0.2, 0.25) is 0 Å². The standard InChI is InChI=1S/C9H11N3OS/c10-4-8-9(12-6-14-8)11-5-7-2-1-3-13-7/h6-7,11H,1-3,5H2. The van der Waals surface area contributed by atoms with Gasteiger partial charge in [0.15, 0.2) is 5.82 Å². The summed E-state index contributed by atoms with van der Waals surface area (Å²) in [6, 6.07) is 2.10. The third-order valence-electron chi connectivity index (χ3n) is 2.19. The average molecular weight is 209 g/mol. The summed E-state index contributed by atoms with van der Waals surface area (Å²) in [4.78, 5) is 4.72. The van der Waals surface area contributed by atoms with Crippen LogP contribution in [0.15, 0.2) is 5.51 Å². The van der Waals surface area contributed by atoms with Gasteiger partial charge in [0, 0.05) is 13.2 Å². The van der Waals surface area contributed by atoms with Crippen LogP contribution in [0.1, 0.15) is 17.7 Å². The summed E-state index contributed by atoms with van der Waals surface area (Å²) in [5.41, 5.74) is 1.68. The Morgan fingerprint density at radius 2 is 2.71 bits per heavy atom. The normalized spacial score (nSPS) is 20.6. The molecule has 2 rings (SSSR count). The quantitative estimate of drug-likeness (QED) is 0.821. The van der Waals surface area contributed by atoms with Crippen molar-refractivity contribution in [2.24, 2.45) is 0 Å². The molecule has 1 aliphatic rings. The number of hydrogen-bond donors (Lipinski definition) is 1. The summed E-state index contributed by atoms with van der Waals surface area (Å²) in [5.74, 6) is 0.688. The molecule has 1 aromatic heterocycles. The van der Waals surface area contributed by atoms with Gasteiger partial charge in [-0.3, -0.25) is 0 Å². The van der Waals surface area contributed by atoms with Crippen molar-refractivity contribution in [2.75, 3.05) is 18.5 Å². The van der Waals surface area contributed by atoms with Gasteiger partial charge in [-0.25, -0.2) is 4.98 Å². The maximum Gasteiger partial charge on any atom is 0.155 e. The summed E-state index contributed by atoms with van der Waals surface area (Å²) >= 11 is 1.36. The predicted octanol–water partition coefficient (Wildman–Crippen LogP) is 1.61. The van der Waals surface area contributed by atoms with E-state index < -0.39 is 0 Å². The van der Waals surface area contributed by atoms with Crippen LogP contribution in [0, 0.1) is 11.3 Å². The van der Waals surface area contributed by atoms with Crippen LogP contribution >= 0.6 is 11.3 Å². The maximum atomic E-state index is 8.75. The van der Waals surface area contributed by atoms with Gasteiger partial charge in [-0.15, -0.1) is 11.3 Å². The van der Waals surface area contributed by atoms with Crippen LogP contribution in [0.3, 0.4) is 0 Å². The van der Waals surface area contributed by atoms with Crippen molar-refractivity contribution < 1.29 is 4.74 Å². The van der Waals surface area contributed by atoms with Gasteiger partial charge >= 0.3 is 0 Å². The fraction of sp³-hybridized carbons (Fsp3) is 0.556. The summed E-state index contributed by atoms with van der Waals surface area (Å²) in [5, 5.41) is 11.9. The average Bonchev–Trinajstić information content (AvgIpc) is 2.85. The fourth-order valence-corrected chi connectivity index (χ4v) is 2.02. The molecule has 0 bridgehead atoms. The van der Waals surface area contributed by atoms with Gasteiger partial charge in [-0.05, 0) is 12.8 Å². The number of anilines is 1. The molecule has 0 amide bonds. The molecule has 14 heavy (non-hydrogen) atoms. The second-order valence-corrected chi connectivity index (χ2v) is 4.01. The SMILES string of the molecule is N#Cc1scnc1NCC1CCCO1. The van der Waals surface area contributed by atoms with Crippen LogP contribution in [-0.4, -0.2) is 24.2 Å². The van der Waals surface area contributed by atoms with E-state index in [1.54, 1.807) is 5.51 Å². The van der Waals surface area contributed by atoms with Gasteiger partial charge in [-0.2, -0.15) is 5.26 Å². The van der Waals surface area contributed by atoms with Crippen molar-refractivity contribution in [3.8, 4) is 6.07 Å². The Kier molecular flexibility index (Phi) is 2.96. The molecule has 74 valence electrons. The predicted molar refractivity (Wildman–Crippen MR) is 54.3 cm³/mol. The molecule has 0 aliphatic carbocycles. The van der Waals surface area contributed by atoms with E-state index in [-0.39, 0.29) is 6.10 Å². The highest BCUT2D eigenvalue weighted by Gasteiger charge is 2.16. The van der Waals surface area contributed by atoms with E-state index in [4.69, 9.17) is 10.00 Å². The maximum absolute atomic E-state index is 8.75. The first-order valence-electron chi connectivity index (χ1n) is 4.59. The Bertz CT molecular complexity index is 338. The van der Waals surface area contributed by atoms with Crippen molar-refractivity contribution in [1.82, 2.24) is 4.98 Å². The molecule has 1 atom stereocenters. The highest BCUT2D eigenvalue weighted by atomic mass is 32.1. The lowest BCUT2D eigenvalue weighted by Gasteiger charge is -2.09. The van der Waals surface area contributed by atoms with Crippen LogP contribution in [0.25, 0.3) is 0 Å². The van der Waals surface area contributed by atoms with E-state index in [1.807, 2.05) is 0 Å². The molecule has 2 heterocycles. The highest BCUT2D eigenvalue weighted by Crippen LogP contribution is 2.18. The van der Waals surface area contributed by atoms with Crippen LogP contribution in [0.4, 0.5) is 5.82 Å². The Hall–Kier alpha value is -1.12. The van der Waals surface area contributed by atoms with Crippen molar-refractivity contribution in [2.45, 2.75) is 18.9 Å². The second-order valence-electron chi connectivity index (χ2n) is 3.16. The summed E-state index contributed by atoms with van der Waals surface area (Å²) in [7, 11) is 0. The first-order chi connectivity index (χ1) is 6.90. The molecule has 1 unspecified atom stereocenters. The Morgan fingerprint density at radius 1 is 1.79 bits per heavy atom. The minimum Gasteiger partial charge on any atom is -0.376 e. The summed E-state index contributed by atoms with van der Waals surface area (Å²) < 4.78 is 5.45. The number of ether oxygens (including phenoxy) is 1. The second kappa shape index (κ2) is 4.40. The minimum absolute atomic E-state index is 0.281. The molecule has 4 nitrogen and oxygen atoms in total. The third-order valence-corrected chi connectivity index (χ3v) is 2.92. The molecular formula is C9H11N3OS. The topological polar surface area (TPSA) is 57.9 Å². The van der Waals surface area contributed by atoms with E-state index in [1.165, 1.54) is 11.3 Å². The smallest absolute Gasteiger partial charge is 0.155 e. The lowest BCUT2D eigenvalue weighted by molar-refractivity contribution is 0.120. The third kappa shape index (κ3) is 2.03. The fourth-order valence-electron chi connectivity index (χ4n) is 1.47. The van der Waals surface area contributed by atoms with Gasteiger partial charge in [0.25, 0.3) is 0 Å². The molecule has 1 aromatic rings. The van der Waals surface area contributed by atoms with E-state index >= 15 is 0 Å². The molecule has 0 radical (unpaired) electrons. The van der Waals surface area contributed by atoms with E-state index in [2.05, 4.69) is 16.4 Å². The Balaban J connectivity index is 1.88. The number of rotatable bonds is 3. The molecule has 5 heteroatoms. The molecule has 0 spiro atoms. The van der Waals surface area contributed by atoms with Crippen molar-refractivity contribution in [3.63, 3.8) is 0 Å². The number of hydrogen-bond acceptors (Lipinski definition) is 5. The monoisotopic (exact) mass is 209 g/mol. The number of nitrogens with zero attached hydrogens (tertiary/aromatic N) is 2. The molecule has 1 aliphatic heterocycles. The molecular weight excluding hydrogens is 198 g/mol. The van der Waals surface area contributed by atoms with Crippen LogP contribution < -0.4 is 5.32 Å². The Morgan fingerprint density at radius 3 is 3.43 bits per heavy atom. The summed E-state index contributed by atoms with van der Waals surface area (Å²) in [6.07, 6.45) is 2.51. The van der Waals surface area contributed by atoms with Crippen LogP contribution in [0.5, 0.6) is 0 Å². The van der Waals surface area contributed by atoms with Crippen molar-refractivity contribution in [1.29, 1.82) is 5.26 Å². The number of nitriles is 1. The molecule has 0 aromatic carbocycles. The zero-order valence-electron chi connectivity index (χ0n) is 7.69. The zero-order chi connectivity index (χ0) is 9.80. The highest BCUT2D eigenvalue weighted by molar-refractivity contribution is 7.10. The number of thiazole rings is 1. The van der Waals surface area contributed by atoms with Gasteiger partial charge in [0.2, 0.25) is 0 Å². The molecule has 1 fully saturated rings. The summed E-state index contributed by atoms with van der Waals surface area (Å²) in [6.45, 7) is 1.60. The van der Waals surface area contributed by atoms with Gasteiger partial charge in [0.05, 0.1) is 11.6 Å².